The first-order valence-electron chi connectivity index (χ1n) is 7.50. The molecule has 0 spiro atoms. The molecule has 0 radical (unpaired) electrons. The molecular weight excluding hydrogens is 286 g/mol. The molecule has 0 aliphatic carbocycles. The summed E-state index contributed by atoms with van der Waals surface area (Å²) in [5.74, 6) is -0.151. The van der Waals surface area contributed by atoms with Crippen LogP contribution < -0.4 is 5.32 Å². The van der Waals surface area contributed by atoms with Crippen LogP contribution in [0.5, 0.6) is 0 Å². The summed E-state index contributed by atoms with van der Waals surface area (Å²) < 4.78 is 2.10. The molecule has 0 bridgehead atoms. The fraction of sp³-hybridized carbons (Fsp3) is 0.158. The van der Waals surface area contributed by atoms with Crippen LogP contribution in [0.4, 0.5) is 0 Å². The number of carbonyl (C=O) groups excluding carboxylic acids is 1. The summed E-state index contributed by atoms with van der Waals surface area (Å²) in [5, 5.41) is 13.0. The summed E-state index contributed by atoms with van der Waals surface area (Å²) in [6.07, 6.45) is 2.87. The second-order valence-electron chi connectivity index (χ2n) is 5.48. The van der Waals surface area contributed by atoms with E-state index >= 15 is 0 Å². The smallest absolute Gasteiger partial charge is 0.251 e. The molecule has 0 saturated carbocycles. The summed E-state index contributed by atoms with van der Waals surface area (Å²) in [5.41, 5.74) is 3.42. The van der Waals surface area contributed by atoms with Crippen LogP contribution in [0.3, 0.4) is 0 Å². The molecule has 1 heterocycles. The highest BCUT2D eigenvalue weighted by atomic mass is 16.1. The number of rotatable bonds is 4. The third kappa shape index (κ3) is 3.09. The van der Waals surface area contributed by atoms with Crippen molar-refractivity contribution in [2.75, 3.05) is 6.54 Å². The molecule has 4 heteroatoms. The van der Waals surface area contributed by atoms with Crippen LogP contribution in [0, 0.1) is 11.3 Å². The van der Waals surface area contributed by atoms with E-state index in [1.54, 1.807) is 24.3 Å². The summed E-state index contributed by atoms with van der Waals surface area (Å²) >= 11 is 0. The lowest BCUT2D eigenvalue weighted by molar-refractivity contribution is 0.0954. The van der Waals surface area contributed by atoms with Gasteiger partial charge in [0.05, 0.1) is 11.6 Å². The Morgan fingerprint density at radius 1 is 1.22 bits per heavy atom. The number of fused-ring (bicyclic) bond motifs is 1. The maximum Gasteiger partial charge on any atom is 0.251 e. The van der Waals surface area contributed by atoms with Crippen molar-refractivity contribution in [2.24, 2.45) is 7.05 Å². The van der Waals surface area contributed by atoms with E-state index < -0.39 is 0 Å². The van der Waals surface area contributed by atoms with Gasteiger partial charge in [0, 0.05) is 36.3 Å². The third-order valence-electron chi connectivity index (χ3n) is 3.91. The van der Waals surface area contributed by atoms with E-state index in [4.69, 9.17) is 5.26 Å². The van der Waals surface area contributed by atoms with E-state index in [0.717, 1.165) is 6.42 Å². The van der Waals surface area contributed by atoms with E-state index in [2.05, 4.69) is 28.2 Å². The minimum Gasteiger partial charge on any atom is -0.352 e. The highest BCUT2D eigenvalue weighted by Gasteiger charge is 2.08. The van der Waals surface area contributed by atoms with Crippen molar-refractivity contribution in [3.8, 4) is 6.07 Å². The number of amides is 1. The highest BCUT2D eigenvalue weighted by molar-refractivity contribution is 5.94. The second kappa shape index (κ2) is 6.37. The fourth-order valence-electron chi connectivity index (χ4n) is 2.77. The Labute approximate surface area is 135 Å². The molecule has 0 unspecified atom stereocenters. The van der Waals surface area contributed by atoms with E-state index in [-0.39, 0.29) is 5.91 Å². The minimum absolute atomic E-state index is 0.151. The van der Waals surface area contributed by atoms with E-state index in [1.807, 2.05) is 25.2 Å². The molecule has 1 N–H and O–H groups in total. The van der Waals surface area contributed by atoms with E-state index in [9.17, 15) is 4.79 Å². The van der Waals surface area contributed by atoms with Crippen molar-refractivity contribution >= 4 is 16.8 Å². The molecule has 3 aromatic rings. The maximum atomic E-state index is 12.1. The highest BCUT2D eigenvalue weighted by Crippen LogP contribution is 2.20. The zero-order chi connectivity index (χ0) is 16.2. The molecule has 1 aromatic heterocycles. The molecule has 23 heavy (non-hydrogen) atoms. The van der Waals surface area contributed by atoms with Gasteiger partial charge in [-0.15, -0.1) is 0 Å². The minimum atomic E-state index is -0.151. The van der Waals surface area contributed by atoms with Crippen LogP contribution >= 0.6 is 0 Å². The average Bonchev–Trinajstić information content (AvgIpc) is 2.91. The van der Waals surface area contributed by atoms with Crippen molar-refractivity contribution in [3.05, 3.63) is 71.4 Å². The SMILES string of the molecule is Cn1cc(CCNC(=O)c2cccc(C#N)c2)c2ccccc21. The van der Waals surface area contributed by atoms with Crippen molar-refractivity contribution in [1.82, 2.24) is 9.88 Å². The number of para-hydroxylation sites is 1. The first-order valence-corrected chi connectivity index (χ1v) is 7.50. The van der Waals surface area contributed by atoms with Crippen molar-refractivity contribution in [1.29, 1.82) is 5.26 Å². The van der Waals surface area contributed by atoms with Crippen LogP contribution in [0.2, 0.25) is 0 Å². The average molecular weight is 303 g/mol. The Morgan fingerprint density at radius 3 is 2.87 bits per heavy atom. The molecule has 114 valence electrons. The lowest BCUT2D eigenvalue weighted by Crippen LogP contribution is -2.25. The predicted octanol–water partition coefficient (Wildman–Crippen LogP) is 3.02. The lowest BCUT2D eigenvalue weighted by Gasteiger charge is -2.05. The molecule has 0 aliphatic heterocycles. The fourth-order valence-corrected chi connectivity index (χ4v) is 2.77. The molecular formula is C19H17N3O. The number of hydrogen-bond donors (Lipinski definition) is 1. The number of nitriles is 1. The second-order valence-corrected chi connectivity index (χ2v) is 5.48. The quantitative estimate of drug-likeness (QED) is 0.805. The van der Waals surface area contributed by atoms with Gasteiger partial charge in [0.25, 0.3) is 5.91 Å². The van der Waals surface area contributed by atoms with Crippen LogP contribution in [0.25, 0.3) is 10.9 Å². The number of benzene rings is 2. The molecule has 0 saturated heterocycles. The van der Waals surface area contributed by atoms with Crippen LogP contribution in [-0.2, 0) is 13.5 Å². The number of carbonyl (C=O) groups is 1. The largest absolute Gasteiger partial charge is 0.352 e. The van der Waals surface area contributed by atoms with Crippen LogP contribution in [-0.4, -0.2) is 17.0 Å². The number of aromatic nitrogens is 1. The Balaban J connectivity index is 1.67. The van der Waals surface area contributed by atoms with E-state index in [1.165, 1.54) is 16.5 Å². The Morgan fingerprint density at radius 2 is 2.04 bits per heavy atom. The topological polar surface area (TPSA) is 57.8 Å². The first-order chi connectivity index (χ1) is 11.2. The van der Waals surface area contributed by atoms with Crippen LogP contribution in [0.1, 0.15) is 21.5 Å². The molecule has 0 aliphatic rings. The lowest BCUT2D eigenvalue weighted by atomic mass is 10.1. The van der Waals surface area contributed by atoms with Gasteiger partial charge in [-0.3, -0.25) is 4.79 Å². The molecule has 0 fully saturated rings. The van der Waals surface area contributed by atoms with Gasteiger partial charge in [-0.2, -0.15) is 5.26 Å². The van der Waals surface area contributed by atoms with Gasteiger partial charge in [-0.05, 0) is 36.2 Å². The summed E-state index contributed by atoms with van der Waals surface area (Å²) in [4.78, 5) is 12.1. The van der Waals surface area contributed by atoms with Gasteiger partial charge >= 0.3 is 0 Å². The summed E-state index contributed by atoms with van der Waals surface area (Å²) in [6.45, 7) is 0.559. The normalized spacial score (nSPS) is 10.4. The monoisotopic (exact) mass is 303 g/mol. The van der Waals surface area contributed by atoms with Crippen LogP contribution in [0.15, 0.2) is 54.7 Å². The number of nitrogens with one attached hydrogen (secondary N) is 1. The Kier molecular flexibility index (Phi) is 4.11. The molecule has 1 amide bonds. The van der Waals surface area contributed by atoms with E-state index in [0.29, 0.717) is 17.7 Å². The number of hydrogen-bond acceptors (Lipinski definition) is 2. The predicted molar refractivity (Wildman–Crippen MR) is 90.1 cm³/mol. The maximum absolute atomic E-state index is 12.1. The van der Waals surface area contributed by atoms with Gasteiger partial charge in [-0.25, -0.2) is 0 Å². The van der Waals surface area contributed by atoms with Crippen molar-refractivity contribution in [3.63, 3.8) is 0 Å². The molecule has 3 rings (SSSR count). The third-order valence-corrected chi connectivity index (χ3v) is 3.91. The van der Waals surface area contributed by atoms with Crippen molar-refractivity contribution in [2.45, 2.75) is 6.42 Å². The van der Waals surface area contributed by atoms with Gasteiger partial charge in [-0.1, -0.05) is 24.3 Å². The number of aryl methyl sites for hydroxylation is 1. The zero-order valence-corrected chi connectivity index (χ0v) is 12.9. The summed E-state index contributed by atoms with van der Waals surface area (Å²) in [7, 11) is 2.03. The van der Waals surface area contributed by atoms with Crippen molar-refractivity contribution < 1.29 is 4.79 Å². The number of nitrogens with zero attached hydrogens (tertiary/aromatic N) is 2. The molecule has 4 nitrogen and oxygen atoms in total. The molecule has 0 atom stereocenters. The zero-order valence-electron chi connectivity index (χ0n) is 12.9. The van der Waals surface area contributed by atoms with Gasteiger partial charge in [0.15, 0.2) is 0 Å². The van der Waals surface area contributed by atoms with Gasteiger partial charge in [0.2, 0.25) is 0 Å². The van der Waals surface area contributed by atoms with Gasteiger partial charge < -0.3 is 9.88 Å². The summed E-state index contributed by atoms with van der Waals surface area (Å²) in [6, 6.07) is 17.0. The first kappa shape index (κ1) is 14.9. The Hall–Kier alpha value is -3.06. The standard InChI is InChI=1S/C19H17N3O/c1-22-13-16(17-7-2-3-8-18(17)22)9-10-21-19(23)15-6-4-5-14(11-15)12-20/h2-8,11,13H,9-10H2,1H3,(H,21,23). The Bertz CT molecular complexity index is 902. The van der Waals surface area contributed by atoms with Gasteiger partial charge in [0.1, 0.15) is 0 Å². The molecule has 2 aromatic carbocycles.